The largest absolute Gasteiger partial charge is 0.319 e. The van der Waals surface area contributed by atoms with Gasteiger partial charge < -0.3 is 10.2 Å². The molecule has 1 saturated heterocycles. The molecule has 0 amide bonds. The Morgan fingerprint density at radius 1 is 1.44 bits per heavy atom. The van der Waals surface area contributed by atoms with Crippen LogP contribution in [0.25, 0.3) is 0 Å². The fraction of sp³-hybridized carbons (Fsp3) is 0.600. The van der Waals surface area contributed by atoms with Crippen molar-refractivity contribution in [1.82, 2.24) is 10.2 Å². The number of rotatable bonds is 5. The van der Waals surface area contributed by atoms with Gasteiger partial charge in [-0.25, -0.2) is 4.39 Å². The van der Waals surface area contributed by atoms with Crippen LogP contribution >= 0.6 is 0 Å². The van der Waals surface area contributed by atoms with E-state index in [-0.39, 0.29) is 5.82 Å². The molecule has 1 aromatic rings. The van der Waals surface area contributed by atoms with E-state index in [1.165, 1.54) is 25.1 Å². The van der Waals surface area contributed by atoms with E-state index in [1.54, 1.807) is 12.1 Å². The van der Waals surface area contributed by atoms with Crippen LogP contribution in [0.1, 0.15) is 17.5 Å². The Labute approximate surface area is 109 Å². The van der Waals surface area contributed by atoms with Gasteiger partial charge in [0.15, 0.2) is 0 Å². The molecule has 0 aliphatic carbocycles. The van der Waals surface area contributed by atoms with Crippen LogP contribution < -0.4 is 5.32 Å². The summed E-state index contributed by atoms with van der Waals surface area (Å²) in [5.41, 5.74) is 2.34. The summed E-state index contributed by atoms with van der Waals surface area (Å²) < 4.78 is 13.0. The van der Waals surface area contributed by atoms with Crippen LogP contribution in [0.3, 0.4) is 0 Å². The highest BCUT2D eigenvalue weighted by atomic mass is 19.1. The van der Waals surface area contributed by atoms with Crippen LogP contribution in [0.4, 0.5) is 4.39 Å². The monoisotopic (exact) mass is 250 g/mol. The fourth-order valence-corrected chi connectivity index (χ4v) is 2.79. The van der Waals surface area contributed by atoms with Crippen molar-refractivity contribution in [2.75, 3.05) is 33.2 Å². The Kier molecular flexibility index (Phi) is 4.72. The van der Waals surface area contributed by atoms with Gasteiger partial charge in [-0.1, -0.05) is 6.07 Å². The molecule has 1 aliphatic heterocycles. The lowest BCUT2D eigenvalue weighted by Crippen LogP contribution is -2.26. The molecule has 2 rings (SSSR count). The number of halogens is 1. The predicted octanol–water partition coefficient (Wildman–Crippen LogP) is 2.22. The van der Waals surface area contributed by atoms with Crippen LogP contribution in [0.15, 0.2) is 18.2 Å². The molecule has 1 heterocycles. The molecule has 1 atom stereocenters. The highest BCUT2D eigenvalue weighted by Crippen LogP contribution is 2.17. The number of nitrogens with zero attached hydrogens (tertiary/aromatic N) is 1. The summed E-state index contributed by atoms with van der Waals surface area (Å²) >= 11 is 0. The van der Waals surface area contributed by atoms with Gasteiger partial charge in [-0.15, -0.1) is 0 Å². The molecule has 0 bridgehead atoms. The van der Waals surface area contributed by atoms with Gasteiger partial charge >= 0.3 is 0 Å². The highest BCUT2D eigenvalue weighted by Gasteiger charge is 2.21. The lowest BCUT2D eigenvalue weighted by molar-refractivity contribution is 0.327. The maximum Gasteiger partial charge on any atom is 0.123 e. The average molecular weight is 250 g/mol. The molecule has 2 nitrogen and oxygen atoms in total. The zero-order valence-electron chi connectivity index (χ0n) is 11.4. The number of hydrogen-bond acceptors (Lipinski definition) is 2. The van der Waals surface area contributed by atoms with Gasteiger partial charge in [-0.3, -0.25) is 0 Å². The Hall–Kier alpha value is -0.930. The molecule has 100 valence electrons. The van der Waals surface area contributed by atoms with E-state index in [9.17, 15) is 4.39 Å². The van der Waals surface area contributed by atoms with Gasteiger partial charge in [0.25, 0.3) is 0 Å². The minimum atomic E-state index is -0.133. The maximum atomic E-state index is 13.0. The first-order valence-electron chi connectivity index (χ1n) is 6.81. The molecule has 1 aliphatic rings. The molecule has 0 aromatic heterocycles. The van der Waals surface area contributed by atoms with Crippen LogP contribution in [0.5, 0.6) is 0 Å². The number of aryl methyl sites for hydroxylation is 1. The summed E-state index contributed by atoms with van der Waals surface area (Å²) in [6, 6.07) is 5.12. The molecule has 1 fully saturated rings. The van der Waals surface area contributed by atoms with Gasteiger partial charge in [0.2, 0.25) is 0 Å². The number of benzene rings is 1. The van der Waals surface area contributed by atoms with Gasteiger partial charge in [0, 0.05) is 13.1 Å². The first-order chi connectivity index (χ1) is 8.69. The first-order valence-corrected chi connectivity index (χ1v) is 6.81. The zero-order valence-corrected chi connectivity index (χ0v) is 11.4. The van der Waals surface area contributed by atoms with Crippen molar-refractivity contribution in [2.45, 2.75) is 19.8 Å². The lowest BCUT2D eigenvalue weighted by Gasteiger charge is -2.16. The third kappa shape index (κ3) is 3.53. The molecule has 3 heteroatoms. The molecule has 1 aromatic carbocycles. The van der Waals surface area contributed by atoms with E-state index >= 15 is 0 Å². The SMILES string of the molecule is CNCC1CCN(CCc2ccc(F)cc2C)C1. The normalized spacial score (nSPS) is 20.5. The maximum absolute atomic E-state index is 13.0. The fourth-order valence-electron chi connectivity index (χ4n) is 2.79. The molecule has 18 heavy (non-hydrogen) atoms. The third-order valence-corrected chi connectivity index (χ3v) is 3.86. The number of hydrogen-bond donors (Lipinski definition) is 1. The third-order valence-electron chi connectivity index (χ3n) is 3.86. The van der Waals surface area contributed by atoms with E-state index in [2.05, 4.69) is 10.2 Å². The van der Waals surface area contributed by atoms with Crippen molar-refractivity contribution in [1.29, 1.82) is 0 Å². The van der Waals surface area contributed by atoms with Crippen molar-refractivity contribution in [2.24, 2.45) is 5.92 Å². The van der Waals surface area contributed by atoms with Gasteiger partial charge in [-0.2, -0.15) is 0 Å². The second kappa shape index (κ2) is 6.30. The lowest BCUT2D eigenvalue weighted by atomic mass is 10.1. The summed E-state index contributed by atoms with van der Waals surface area (Å²) in [5.74, 6) is 0.663. The second-order valence-corrected chi connectivity index (χ2v) is 5.33. The van der Waals surface area contributed by atoms with E-state index in [1.807, 2.05) is 20.0 Å². The molecular formula is C15H23FN2. The highest BCUT2D eigenvalue weighted by molar-refractivity contribution is 5.26. The Morgan fingerprint density at radius 2 is 2.28 bits per heavy atom. The molecule has 0 spiro atoms. The smallest absolute Gasteiger partial charge is 0.123 e. The Balaban J connectivity index is 1.81. The van der Waals surface area contributed by atoms with Crippen LogP contribution in [-0.4, -0.2) is 38.1 Å². The summed E-state index contributed by atoms with van der Waals surface area (Å²) in [4.78, 5) is 2.52. The predicted molar refractivity (Wildman–Crippen MR) is 73.3 cm³/mol. The molecule has 1 unspecified atom stereocenters. The molecule has 1 N–H and O–H groups in total. The van der Waals surface area contributed by atoms with E-state index in [0.717, 1.165) is 31.0 Å². The van der Waals surface area contributed by atoms with E-state index < -0.39 is 0 Å². The van der Waals surface area contributed by atoms with Crippen LogP contribution in [-0.2, 0) is 6.42 Å². The Bertz CT molecular complexity index is 392. The first kappa shape index (κ1) is 13.5. The average Bonchev–Trinajstić information content (AvgIpc) is 2.76. The van der Waals surface area contributed by atoms with E-state index in [4.69, 9.17) is 0 Å². The van der Waals surface area contributed by atoms with Crippen molar-refractivity contribution >= 4 is 0 Å². The van der Waals surface area contributed by atoms with Gasteiger partial charge in [0.1, 0.15) is 5.82 Å². The van der Waals surface area contributed by atoms with Crippen molar-refractivity contribution in [3.8, 4) is 0 Å². The topological polar surface area (TPSA) is 15.3 Å². The summed E-state index contributed by atoms with van der Waals surface area (Å²) in [5, 5.41) is 3.25. The van der Waals surface area contributed by atoms with Crippen LogP contribution in [0, 0.1) is 18.7 Å². The van der Waals surface area contributed by atoms with Crippen molar-refractivity contribution < 1.29 is 4.39 Å². The zero-order chi connectivity index (χ0) is 13.0. The van der Waals surface area contributed by atoms with Crippen molar-refractivity contribution in [3.05, 3.63) is 35.1 Å². The standard InChI is InChI=1S/C15H23FN2/c1-12-9-15(16)4-3-14(12)6-8-18-7-5-13(11-18)10-17-2/h3-4,9,13,17H,5-8,10-11H2,1-2H3. The quantitative estimate of drug-likeness (QED) is 0.862. The van der Waals surface area contributed by atoms with Gasteiger partial charge in [0.05, 0.1) is 0 Å². The van der Waals surface area contributed by atoms with Gasteiger partial charge in [-0.05, 0) is 69.1 Å². The number of likely N-dealkylation sites (tertiary alicyclic amines) is 1. The summed E-state index contributed by atoms with van der Waals surface area (Å²) in [6.07, 6.45) is 2.32. The van der Waals surface area contributed by atoms with E-state index in [0.29, 0.717) is 0 Å². The molecule has 0 radical (unpaired) electrons. The molecule has 0 saturated carbocycles. The van der Waals surface area contributed by atoms with Crippen LogP contribution in [0.2, 0.25) is 0 Å². The minimum Gasteiger partial charge on any atom is -0.319 e. The second-order valence-electron chi connectivity index (χ2n) is 5.33. The van der Waals surface area contributed by atoms with Crippen molar-refractivity contribution in [3.63, 3.8) is 0 Å². The Morgan fingerprint density at radius 3 is 3.00 bits per heavy atom. The summed E-state index contributed by atoms with van der Waals surface area (Å²) in [6.45, 7) is 6.60. The molecular weight excluding hydrogens is 227 g/mol. The number of nitrogens with one attached hydrogen (secondary N) is 1. The minimum absolute atomic E-state index is 0.133. The summed E-state index contributed by atoms with van der Waals surface area (Å²) in [7, 11) is 2.02.